The van der Waals surface area contributed by atoms with Crippen molar-refractivity contribution in [1.29, 1.82) is 0 Å². The van der Waals surface area contributed by atoms with E-state index in [1.54, 1.807) is 20.8 Å². The topological polar surface area (TPSA) is 51.2 Å². The molecule has 0 heterocycles. The predicted molar refractivity (Wildman–Crippen MR) is 104 cm³/mol. The molecule has 140 valence electrons. The number of unbranched alkanes of at least 4 members (excludes halogenated alkanes) is 2. The summed E-state index contributed by atoms with van der Waals surface area (Å²) in [4.78, 5) is 12.2. The number of hydrogen-bond acceptors (Lipinski definition) is 3. The normalized spacial score (nSPS) is 17.5. The number of hydrogen-bond donors (Lipinski definition) is 0. The van der Waals surface area contributed by atoms with Gasteiger partial charge in [0.25, 0.3) is 0 Å². The van der Waals surface area contributed by atoms with Crippen molar-refractivity contribution < 1.29 is 13.2 Å². The lowest BCUT2D eigenvalue weighted by atomic mass is 9.97. The second-order valence-corrected chi connectivity index (χ2v) is 11.3. The van der Waals surface area contributed by atoms with Crippen molar-refractivity contribution in [3.05, 3.63) is 34.9 Å². The highest BCUT2D eigenvalue weighted by atomic mass is 32.2. The molecule has 2 rings (SSSR count). The highest BCUT2D eigenvalue weighted by Crippen LogP contribution is 2.33. The Balaban J connectivity index is 1.72. The molecule has 1 aliphatic rings. The average Bonchev–Trinajstić information content (AvgIpc) is 2.87. The number of benzene rings is 1. The van der Waals surface area contributed by atoms with Crippen molar-refractivity contribution in [2.75, 3.05) is 5.75 Å². The Kier molecular flexibility index (Phi) is 6.47. The first-order chi connectivity index (χ1) is 11.6. The molecular weight excluding hydrogens is 332 g/mol. The van der Waals surface area contributed by atoms with E-state index in [1.165, 1.54) is 17.5 Å². The van der Waals surface area contributed by atoms with E-state index in [0.29, 0.717) is 25.2 Å². The molecule has 4 heteroatoms. The van der Waals surface area contributed by atoms with E-state index in [9.17, 15) is 13.2 Å². The summed E-state index contributed by atoms with van der Waals surface area (Å²) in [5, 5.41) is 0. The first kappa shape index (κ1) is 20.2. The molecule has 0 bridgehead atoms. The summed E-state index contributed by atoms with van der Waals surface area (Å²) >= 11 is 0. The third-order valence-electron chi connectivity index (χ3n) is 5.29. The maximum atomic E-state index is 12.2. The quantitative estimate of drug-likeness (QED) is 0.632. The van der Waals surface area contributed by atoms with E-state index < -0.39 is 14.6 Å². The SMILES string of the molecule is CC1CCc2ccc(CC(=O)CCCCCS(=O)(=O)C(C)(C)C)cc21. The van der Waals surface area contributed by atoms with Gasteiger partial charge in [0.2, 0.25) is 0 Å². The molecular formula is C21H32O3S. The molecule has 0 fully saturated rings. The highest BCUT2D eigenvalue weighted by Gasteiger charge is 2.27. The van der Waals surface area contributed by atoms with Crippen LogP contribution >= 0.6 is 0 Å². The molecule has 1 aliphatic carbocycles. The zero-order valence-corrected chi connectivity index (χ0v) is 16.9. The zero-order valence-electron chi connectivity index (χ0n) is 16.1. The molecule has 0 N–H and O–H groups in total. The summed E-state index contributed by atoms with van der Waals surface area (Å²) in [7, 11) is -3.04. The summed E-state index contributed by atoms with van der Waals surface area (Å²) in [5.41, 5.74) is 3.97. The third kappa shape index (κ3) is 5.40. The Morgan fingerprint density at radius 1 is 1.16 bits per heavy atom. The van der Waals surface area contributed by atoms with Gasteiger partial charge in [0.1, 0.15) is 5.78 Å². The van der Waals surface area contributed by atoms with E-state index in [2.05, 4.69) is 25.1 Å². The molecule has 1 unspecified atom stereocenters. The molecule has 0 aliphatic heterocycles. The van der Waals surface area contributed by atoms with Crippen molar-refractivity contribution in [2.45, 2.75) is 83.3 Å². The van der Waals surface area contributed by atoms with E-state index in [1.807, 2.05) is 0 Å². The third-order valence-corrected chi connectivity index (χ3v) is 7.98. The van der Waals surface area contributed by atoms with E-state index >= 15 is 0 Å². The minimum absolute atomic E-state index is 0.216. The summed E-state index contributed by atoms with van der Waals surface area (Å²) in [6.07, 6.45) is 5.63. The highest BCUT2D eigenvalue weighted by molar-refractivity contribution is 7.92. The van der Waals surface area contributed by atoms with Crippen LogP contribution in [0.3, 0.4) is 0 Å². The number of fused-ring (bicyclic) bond motifs is 1. The van der Waals surface area contributed by atoms with Crippen LogP contribution in [0.25, 0.3) is 0 Å². The van der Waals surface area contributed by atoms with Crippen LogP contribution < -0.4 is 0 Å². The van der Waals surface area contributed by atoms with Crippen LogP contribution in [0.15, 0.2) is 18.2 Å². The first-order valence-corrected chi connectivity index (χ1v) is 11.1. The Morgan fingerprint density at radius 3 is 2.56 bits per heavy atom. The smallest absolute Gasteiger partial charge is 0.155 e. The van der Waals surface area contributed by atoms with Crippen molar-refractivity contribution in [3.63, 3.8) is 0 Å². The van der Waals surface area contributed by atoms with Gasteiger partial charge in [-0.05, 0) is 69.1 Å². The standard InChI is InChI=1S/C21H32O3S/c1-16-9-11-18-12-10-17(15-20(16)18)14-19(22)8-6-5-7-13-25(23,24)21(2,3)4/h10,12,15-16H,5-9,11,13-14H2,1-4H3. The largest absolute Gasteiger partial charge is 0.299 e. The van der Waals surface area contributed by atoms with Gasteiger partial charge < -0.3 is 0 Å². The van der Waals surface area contributed by atoms with E-state index in [-0.39, 0.29) is 11.5 Å². The van der Waals surface area contributed by atoms with E-state index in [4.69, 9.17) is 0 Å². The maximum absolute atomic E-state index is 12.2. The molecule has 1 atom stereocenters. The number of ketones is 1. The molecule has 1 aromatic rings. The van der Waals surface area contributed by atoms with Crippen LogP contribution in [0.4, 0.5) is 0 Å². The van der Waals surface area contributed by atoms with Crippen molar-refractivity contribution >= 4 is 15.6 Å². The van der Waals surface area contributed by atoms with Crippen molar-refractivity contribution in [2.24, 2.45) is 0 Å². The summed E-state index contributed by atoms with van der Waals surface area (Å²) in [5.74, 6) is 1.08. The van der Waals surface area contributed by atoms with Crippen molar-refractivity contribution in [3.8, 4) is 0 Å². The lowest BCUT2D eigenvalue weighted by Gasteiger charge is -2.18. The van der Waals surface area contributed by atoms with Crippen LogP contribution in [0.1, 0.15) is 82.4 Å². The van der Waals surface area contributed by atoms with Gasteiger partial charge in [-0.3, -0.25) is 4.79 Å². The molecule has 0 spiro atoms. The fourth-order valence-corrected chi connectivity index (χ4v) is 4.58. The number of rotatable bonds is 8. The second-order valence-electron chi connectivity index (χ2n) is 8.43. The number of sulfone groups is 1. The molecule has 0 saturated heterocycles. The second kappa shape index (κ2) is 8.03. The van der Waals surface area contributed by atoms with Gasteiger partial charge in [-0.15, -0.1) is 0 Å². The number of carbonyl (C=O) groups is 1. The van der Waals surface area contributed by atoms with Crippen LogP contribution in [0.2, 0.25) is 0 Å². The number of Topliss-reactive ketones (excluding diaryl/α,β-unsaturated/α-hetero) is 1. The van der Waals surface area contributed by atoms with Crippen LogP contribution in [-0.2, 0) is 27.5 Å². The average molecular weight is 365 g/mol. The maximum Gasteiger partial charge on any atom is 0.155 e. The lowest BCUT2D eigenvalue weighted by molar-refractivity contribution is -0.118. The molecule has 0 saturated carbocycles. The van der Waals surface area contributed by atoms with Crippen LogP contribution in [-0.4, -0.2) is 24.7 Å². The van der Waals surface area contributed by atoms with Crippen molar-refractivity contribution in [1.82, 2.24) is 0 Å². The van der Waals surface area contributed by atoms with Crippen LogP contribution in [0.5, 0.6) is 0 Å². The van der Waals surface area contributed by atoms with Crippen LogP contribution in [0, 0.1) is 0 Å². The van der Waals surface area contributed by atoms with Gasteiger partial charge in [-0.25, -0.2) is 8.42 Å². The Bertz CT molecular complexity index is 711. The molecule has 3 nitrogen and oxygen atoms in total. The molecule has 0 radical (unpaired) electrons. The van der Waals surface area contributed by atoms with Gasteiger partial charge in [-0.2, -0.15) is 0 Å². The minimum Gasteiger partial charge on any atom is -0.299 e. The first-order valence-electron chi connectivity index (χ1n) is 9.46. The van der Waals surface area contributed by atoms with Gasteiger partial charge in [-0.1, -0.05) is 31.5 Å². The predicted octanol–water partition coefficient (Wildman–Crippen LogP) is 4.62. The minimum atomic E-state index is -3.04. The van der Waals surface area contributed by atoms with Gasteiger partial charge in [0, 0.05) is 12.8 Å². The van der Waals surface area contributed by atoms with Gasteiger partial charge in [0.05, 0.1) is 10.5 Å². The fraction of sp³-hybridized carbons (Fsp3) is 0.667. The monoisotopic (exact) mass is 364 g/mol. The molecule has 0 aromatic heterocycles. The number of aryl methyl sites for hydroxylation is 1. The van der Waals surface area contributed by atoms with Gasteiger partial charge >= 0.3 is 0 Å². The van der Waals surface area contributed by atoms with E-state index in [0.717, 1.165) is 24.8 Å². The lowest BCUT2D eigenvalue weighted by Crippen LogP contribution is -2.30. The van der Waals surface area contributed by atoms with Gasteiger partial charge in [0.15, 0.2) is 9.84 Å². The Morgan fingerprint density at radius 2 is 1.88 bits per heavy atom. The summed E-state index contributed by atoms with van der Waals surface area (Å²) < 4.78 is 23.4. The molecule has 25 heavy (non-hydrogen) atoms. The summed E-state index contributed by atoms with van der Waals surface area (Å²) in [6, 6.07) is 6.48. The Labute approximate surface area is 153 Å². The Hall–Kier alpha value is -1.16. The zero-order chi connectivity index (χ0) is 18.7. The molecule has 1 aromatic carbocycles. The number of carbonyl (C=O) groups excluding carboxylic acids is 1. The fourth-order valence-electron chi connectivity index (χ4n) is 3.38. The summed E-state index contributed by atoms with van der Waals surface area (Å²) in [6.45, 7) is 7.47. The molecule has 0 amide bonds.